The van der Waals surface area contributed by atoms with Gasteiger partial charge >= 0.3 is 6.03 Å². The summed E-state index contributed by atoms with van der Waals surface area (Å²) in [5.41, 5.74) is 1.96. The largest absolute Gasteiger partial charge is 0.494 e. The second kappa shape index (κ2) is 10.1. The smallest absolute Gasteiger partial charge is 0.430 e. The van der Waals surface area contributed by atoms with Crippen LogP contribution in [0, 0.1) is 5.92 Å². The summed E-state index contributed by atoms with van der Waals surface area (Å²) in [4.78, 5) is 34.4. The normalized spacial score (nSPS) is 17.1. The molecular weight excluding hydrogens is 402 g/mol. The number of quaternary nitrogens is 1. The van der Waals surface area contributed by atoms with Gasteiger partial charge in [-0.3, -0.25) is 9.69 Å². The first-order chi connectivity index (χ1) is 15.4. The molecule has 0 saturated heterocycles. The molecule has 2 aromatic rings. The maximum absolute atomic E-state index is 14.0. The highest BCUT2D eigenvalue weighted by molar-refractivity contribution is 6.52. The predicted octanol–water partition coefficient (Wildman–Crippen LogP) is 5.83. The van der Waals surface area contributed by atoms with Gasteiger partial charge in [-0.2, -0.15) is 9.48 Å². The van der Waals surface area contributed by atoms with Gasteiger partial charge in [0.1, 0.15) is 11.4 Å². The van der Waals surface area contributed by atoms with E-state index >= 15 is 0 Å². The molecule has 1 unspecified atom stereocenters. The van der Waals surface area contributed by atoms with Crippen LogP contribution in [0.4, 0.5) is 16.2 Å². The number of hydrogen-bond donors (Lipinski definition) is 0. The number of ketones is 1. The fourth-order valence-electron chi connectivity index (χ4n) is 4.12. The minimum Gasteiger partial charge on any atom is -0.494 e. The number of para-hydroxylation sites is 2. The number of ether oxygens (including phenoxy) is 1. The van der Waals surface area contributed by atoms with Gasteiger partial charge in [-0.05, 0) is 57.0 Å². The van der Waals surface area contributed by atoms with Crippen LogP contribution in [0.25, 0.3) is 0 Å². The van der Waals surface area contributed by atoms with E-state index in [1.165, 1.54) is 0 Å². The lowest BCUT2D eigenvalue weighted by Gasteiger charge is -2.35. The minimum atomic E-state index is -0.228. The molecular formula is C26H34N3O3+. The van der Waals surface area contributed by atoms with Crippen molar-refractivity contribution in [2.24, 2.45) is 10.9 Å². The molecule has 32 heavy (non-hydrogen) atoms. The topological polar surface area (TPSA) is 59.0 Å². The first-order valence-corrected chi connectivity index (χ1v) is 11.5. The van der Waals surface area contributed by atoms with Gasteiger partial charge in [0.2, 0.25) is 0 Å². The number of fused-ring (bicyclic) bond motifs is 1. The molecule has 0 radical (unpaired) electrons. The van der Waals surface area contributed by atoms with Gasteiger partial charge in [0, 0.05) is 31.1 Å². The number of urea groups is 1. The Bertz CT molecular complexity index is 994. The van der Waals surface area contributed by atoms with Gasteiger partial charge in [-0.25, -0.2) is 4.79 Å². The van der Waals surface area contributed by atoms with Crippen molar-refractivity contribution >= 4 is 29.0 Å². The van der Waals surface area contributed by atoms with Crippen molar-refractivity contribution in [2.75, 3.05) is 26.2 Å². The Kier molecular flexibility index (Phi) is 7.46. The third-order valence-electron chi connectivity index (χ3n) is 5.91. The molecule has 0 saturated carbocycles. The maximum atomic E-state index is 14.0. The second-order valence-corrected chi connectivity index (χ2v) is 8.38. The van der Waals surface area contributed by atoms with Gasteiger partial charge in [-0.1, -0.05) is 26.0 Å². The highest BCUT2D eigenvalue weighted by Crippen LogP contribution is 2.43. The predicted molar refractivity (Wildman–Crippen MR) is 130 cm³/mol. The molecule has 3 rings (SSSR count). The molecule has 6 heteroatoms. The molecule has 1 atom stereocenters. The molecule has 1 aliphatic rings. The molecule has 0 bridgehead atoms. The van der Waals surface area contributed by atoms with Crippen LogP contribution in [-0.4, -0.2) is 48.8 Å². The third-order valence-corrected chi connectivity index (χ3v) is 5.91. The van der Waals surface area contributed by atoms with Crippen LogP contribution in [0.1, 0.15) is 51.4 Å². The Balaban J connectivity index is 2.14. The zero-order chi connectivity index (χ0) is 23.3. The van der Waals surface area contributed by atoms with Crippen molar-refractivity contribution in [2.45, 2.75) is 41.0 Å². The minimum absolute atomic E-state index is 0.0985. The van der Waals surface area contributed by atoms with E-state index in [4.69, 9.17) is 9.73 Å². The maximum Gasteiger partial charge on any atom is 0.430 e. The lowest BCUT2D eigenvalue weighted by Crippen LogP contribution is -2.64. The highest BCUT2D eigenvalue weighted by Gasteiger charge is 2.54. The molecule has 0 aliphatic carbocycles. The van der Waals surface area contributed by atoms with Crippen LogP contribution in [-0.2, 0) is 0 Å². The number of benzene rings is 2. The van der Waals surface area contributed by atoms with Crippen LogP contribution < -0.4 is 9.22 Å². The quantitative estimate of drug-likeness (QED) is 0.367. The number of aliphatic imine (C=N–C) groups is 1. The number of amidine groups is 1. The van der Waals surface area contributed by atoms with Crippen LogP contribution in [0.5, 0.6) is 5.75 Å². The summed E-state index contributed by atoms with van der Waals surface area (Å²) in [5, 5.41) is 0. The highest BCUT2D eigenvalue weighted by atomic mass is 16.5. The summed E-state index contributed by atoms with van der Waals surface area (Å²) in [5.74, 6) is 1.13. The monoisotopic (exact) mass is 436 g/mol. The van der Waals surface area contributed by atoms with Crippen molar-refractivity contribution in [3.05, 3.63) is 54.1 Å². The third kappa shape index (κ3) is 4.32. The average molecular weight is 437 g/mol. The molecule has 6 nitrogen and oxygen atoms in total. The van der Waals surface area contributed by atoms with Gasteiger partial charge in [-0.15, -0.1) is 0 Å². The molecule has 1 heterocycles. The van der Waals surface area contributed by atoms with Gasteiger partial charge in [0.15, 0.2) is 5.69 Å². The number of amides is 2. The van der Waals surface area contributed by atoms with Crippen molar-refractivity contribution in [1.29, 1.82) is 0 Å². The summed E-state index contributed by atoms with van der Waals surface area (Å²) < 4.78 is 5.35. The Morgan fingerprint density at radius 1 is 1.00 bits per heavy atom. The molecule has 2 aromatic carbocycles. The van der Waals surface area contributed by atoms with Gasteiger partial charge < -0.3 is 4.74 Å². The Morgan fingerprint density at radius 3 is 2.25 bits per heavy atom. The van der Waals surface area contributed by atoms with E-state index in [-0.39, 0.29) is 22.1 Å². The average Bonchev–Trinajstić information content (AvgIpc) is 3.14. The Morgan fingerprint density at radius 2 is 1.66 bits per heavy atom. The number of carbonyl (C=O) groups excluding carboxylic acids is 2. The van der Waals surface area contributed by atoms with E-state index in [9.17, 15) is 9.59 Å². The van der Waals surface area contributed by atoms with Crippen molar-refractivity contribution < 1.29 is 14.3 Å². The molecule has 0 N–H and O–H groups in total. The van der Waals surface area contributed by atoms with E-state index in [1.807, 2.05) is 45.0 Å². The number of hydrogen-bond acceptors (Lipinski definition) is 4. The summed E-state index contributed by atoms with van der Waals surface area (Å²) in [6.45, 7) is 12.3. The Labute approximate surface area is 191 Å². The van der Waals surface area contributed by atoms with E-state index in [2.05, 4.69) is 13.8 Å². The lowest BCUT2D eigenvalue weighted by molar-refractivity contribution is 0.104. The number of Topliss-reactive ketones (excluding diaryl/α,β-unsaturated/α-hetero) is 1. The number of nitrogens with zero attached hydrogens (tertiary/aromatic N) is 3. The molecule has 170 valence electrons. The van der Waals surface area contributed by atoms with E-state index in [0.29, 0.717) is 49.2 Å². The molecule has 0 spiro atoms. The summed E-state index contributed by atoms with van der Waals surface area (Å²) in [7, 11) is 0. The molecule has 0 aromatic heterocycles. The van der Waals surface area contributed by atoms with E-state index in [1.54, 1.807) is 29.2 Å². The Hall–Kier alpha value is -2.99. The van der Waals surface area contributed by atoms with Crippen LogP contribution in [0.2, 0.25) is 0 Å². The summed E-state index contributed by atoms with van der Waals surface area (Å²) in [6.07, 6.45) is 0.789. The molecule has 2 amide bonds. The lowest BCUT2D eigenvalue weighted by atomic mass is 10.0. The van der Waals surface area contributed by atoms with Crippen molar-refractivity contribution in [1.82, 2.24) is 9.38 Å². The van der Waals surface area contributed by atoms with Crippen molar-refractivity contribution in [3.63, 3.8) is 0 Å². The fraction of sp³-hybridized carbons (Fsp3) is 0.423. The first-order valence-electron chi connectivity index (χ1n) is 11.5. The zero-order valence-corrected chi connectivity index (χ0v) is 19.8. The van der Waals surface area contributed by atoms with Gasteiger partial charge in [0.25, 0.3) is 11.6 Å². The number of rotatable bonds is 9. The van der Waals surface area contributed by atoms with Gasteiger partial charge in [0.05, 0.1) is 13.2 Å². The fourth-order valence-corrected chi connectivity index (χ4v) is 4.12. The SMILES string of the molecule is CCOc1ccc(C(=O)C2=Nc3ccccc3[N+]2(CCC(C)C)C(=O)N(CC)CC)cc1. The zero-order valence-electron chi connectivity index (χ0n) is 19.8. The van der Waals surface area contributed by atoms with Crippen LogP contribution in [0.3, 0.4) is 0 Å². The van der Waals surface area contributed by atoms with E-state index < -0.39 is 0 Å². The second-order valence-electron chi connectivity index (χ2n) is 8.38. The van der Waals surface area contributed by atoms with Crippen LogP contribution >= 0.6 is 0 Å². The van der Waals surface area contributed by atoms with Crippen molar-refractivity contribution in [3.8, 4) is 5.75 Å². The molecule has 0 fully saturated rings. The summed E-state index contributed by atoms with van der Waals surface area (Å²) in [6, 6.07) is 14.6. The number of carbonyl (C=O) groups is 2. The van der Waals surface area contributed by atoms with E-state index in [0.717, 1.165) is 12.1 Å². The molecule has 1 aliphatic heterocycles. The standard InChI is InChI=1S/C26H34N3O3/c1-6-28(7-2)26(31)29(18-17-19(4)5)23-12-10-9-11-22(23)27-25(29)24(30)20-13-15-21(16-14-20)32-8-3/h9-16,19H,6-8,17-18H2,1-5H3/q+1. The first kappa shape index (κ1) is 23.7. The summed E-state index contributed by atoms with van der Waals surface area (Å²) >= 11 is 0. The van der Waals surface area contributed by atoms with Crippen LogP contribution in [0.15, 0.2) is 53.5 Å².